The van der Waals surface area contributed by atoms with Gasteiger partial charge in [-0.15, -0.1) is 0 Å². The first-order valence-corrected chi connectivity index (χ1v) is 7.87. The van der Waals surface area contributed by atoms with Crippen LogP contribution in [-0.2, 0) is 0 Å². The number of Topliss-reactive ketones (excluding diaryl/α,β-unsaturated/α-hetero) is 1. The Hall–Kier alpha value is -0.830. The standard InChI is InChI=1S/C16H17BrO2/c1-19-12-5-4-10(7-11(12)17)16(18)15-13-8-2-3-9(6-8)14(13)15/h4-5,7-9,13-15H,2-3,6H2,1H3. The lowest BCUT2D eigenvalue weighted by Gasteiger charge is -2.09. The van der Waals surface area contributed by atoms with Crippen LogP contribution in [0.15, 0.2) is 22.7 Å². The molecular formula is C16H17BrO2. The van der Waals surface area contributed by atoms with Crippen LogP contribution < -0.4 is 4.74 Å². The van der Waals surface area contributed by atoms with Crippen molar-refractivity contribution < 1.29 is 9.53 Å². The molecule has 0 N–H and O–H groups in total. The van der Waals surface area contributed by atoms with Gasteiger partial charge < -0.3 is 4.74 Å². The highest BCUT2D eigenvalue weighted by atomic mass is 79.9. The van der Waals surface area contributed by atoms with Crippen molar-refractivity contribution in [3.05, 3.63) is 28.2 Å². The second-order valence-corrected chi connectivity index (χ2v) is 7.08. The van der Waals surface area contributed by atoms with Crippen LogP contribution in [-0.4, -0.2) is 12.9 Å². The van der Waals surface area contributed by atoms with Crippen molar-refractivity contribution in [1.82, 2.24) is 0 Å². The van der Waals surface area contributed by atoms with Gasteiger partial charge in [0.15, 0.2) is 5.78 Å². The molecule has 0 aliphatic heterocycles. The Balaban J connectivity index is 1.57. The van der Waals surface area contributed by atoms with Crippen LogP contribution in [0.3, 0.4) is 0 Å². The van der Waals surface area contributed by atoms with E-state index in [0.717, 1.165) is 27.6 Å². The molecule has 0 spiro atoms. The van der Waals surface area contributed by atoms with Gasteiger partial charge in [0, 0.05) is 11.5 Å². The van der Waals surface area contributed by atoms with Crippen LogP contribution in [0.1, 0.15) is 29.6 Å². The lowest BCUT2D eigenvalue weighted by Crippen LogP contribution is -2.10. The number of carbonyl (C=O) groups excluding carboxylic acids is 1. The van der Waals surface area contributed by atoms with Gasteiger partial charge in [0.25, 0.3) is 0 Å². The van der Waals surface area contributed by atoms with E-state index in [9.17, 15) is 4.79 Å². The monoisotopic (exact) mass is 320 g/mol. The van der Waals surface area contributed by atoms with Crippen molar-refractivity contribution in [2.75, 3.05) is 7.11 Å². The Morgan fingerprint density at radius 2 is 1.95 bits per heavy atom. The quantitative estimate of drug-likeness (QED) is 0.789. The minimum Gasteiger partial charge on any atom is -0.496 e. The molecule has 0 aromatic heterocycles. The van der Waals surface area contributed by atoms with E-state index in [0.29, 0.717) is 23.5 Å². The molecule has 3 fully saturated rings. The van der Waals surface area contributed by atoms with Gasteiger partial charge in [-0.3, -0.25) is 4.79 Å². The Kier molecular flexibility index (Phi) is 2.57. The van der Waals surface area contributed by atoms with Crippen LogP contribution >= 0.6 is 15.9 Å². The highest BCUT2D eigenvalue weighted by molar-refractivity contribution is 9.10. The SMILES string of the molecule is COc1ccc(C(=O)C2C3C4CCC(C4)C23)cc1Br. The number of benzene rings is 1. The number of methoxy groups -OCH3 is 1. The van der Waals surface area contributed by atoms with Gasteiger partial charge in [-0.2, -0.15) is 0 Å². The van der Waals surface area contributed by atoms with Gasteiger partial charge in [0.2, 0.25) is 0 Å². The van der Waals surface area contributed by atoms with Crippen molar-refractivity contribution in [3.63, 3.8) is 0 Å². The van der Waals surface area contributed by atoms with E-state index in [4.69, 9.17) is 4.74 Å². The van der Waals surface area contributed by atoms with E-state index in [1.54, 1.807) is 7.11 Å². The maximum absolute atomic E-state index is 12.6. The zero-order valence-electron chi connectivity index (χ0n) is 10.9. The number of rotatable bonds is 3. The molecule has 0 heterocycles. The van der Waals surface area contributed by atoms with Gasteiger partial charge in [-0.1, -0.05) is 0 Å². The van der Waals surface area contributed by atoms with Gasteiger partial charge in [0.05, 0.1) is 11.6 Å². The summed E-state index contributed by atoms with van der Waals surface area (Å²) in [6.07, 6.45) is 4.12. The lowest BCUT2D eigenvalue weighted by molar-refractivity contribution is 0.0944. The zero-order valence-corrected chi connectivity index (χ0v) is 12.5. The van der Waals surface area contributed by atoms with E-state index in [-0.39, 0.29) is 0 Å². The molecule has 1 aromatic rings. The smallest absolute Gasteiger partial charge is 0.166 e. The summed E-state index contributed by atoms with van der Waals surface area (Å²) < 4.78 is 6.09. The first-order chi connectivity index (χ1) is 9.20. The number of ketones is 1. The highest BCUT2D eigenvalue weighted by Gasteiger charge is 2.67. The van der Waals surface area contributed by atoms with Crippen molar-refractivity contribution >= 4 is 21.7 Å². The average molecular weight is 321 g/mol. The summed E-state index contributed by atoms with van der Waals surface area (Å²) in [5.74, 6) is 4.60. The third-order valence-electron chi connectivity index (χ3n) is 5.47. The molecule has 4 unspecified atom stereocenters. The number of hydrogen-bond donors (Lipinski definition) is 0. The summed E-state index contributed by atoms with van der Waals surface area (Å²) in [5, 5.41) is 0. The summed E-state index contributed by atoms with van der Waals surface area (Å²) in [6, 6.07) is 5.70. The Bertz CT molecular complexity index is 538. The third kappa shape index (κ3) is 1.63. The fourth-order valence-electron chi connectivity index (χ4n) is 4.69. The molecule has 19 heavy (non-hydrogen) atoms. The molecule has 2 bridgehead atoms. The number of halogens is 1. The van der Waals surface area contributed by atoms with Crippen LogP contribution in [0, 0.1) is 29.6 Å². The molecule has 3 aliphatic rings. The predicted octanol–water partition coefficient (Wildman–Crippen LogP) is 3.93. The number of fused-ring (bicyclic) bond motifs is 5. The largest absolute Gasteiger partial charge is 0.496 e. The van der Waals surface area contributed by atoms with Crippen molar-refractivity contribution in [2.45, 2.75) is 19.3 Å². The van der Waals surface area contributed by atoms with E-state index in [1.807, 2.05) is 18.2 Å². The summed E-state index contributed by atoms with van der Waals surface area (Å²) in [4.78, 5) is 12.6. The number of carbonyl (C=O) groups is 1. The molecule has 3 saturated carbocycles. The predicted molar refractivity (Wildman–Crippen MR) is 76.3 cm³/mol. The lowest BCUT2D eigenvalue weighted by atomic mass is 9.96. The highest BCUT2D eigenvalue weighted by Crippen LogP contribution is 2.69. The molecule has 0 radical (unpaired) electrons. The molecule has 0 amide bonds. The van der Waals surface area contributed by atoms with Crippen LogP contribution in [0.25, 0.3) is 0 Å². The molecule has 1 aromatic carbocycles. The zero-order chi connectivity index (χ0) is 13.1. The third-order valence-corrected chi connectivity index (χ3v) is 6.09. The second-order valence-electron chi connectivity index (χ2n) is 6.23. The Labute approximate surface area is 121 Å². The summed E-state index contributed by atoms with van der Waals surface area (Å²) in [7, 11) is 1.64. The molecule has 4 rings (SSSR count). The van der Waals surface area contributed by atoms with E-state index >= 15 is 0 Å². The average Bonchev–Trinajstić information content (AvgIpc) is 2.85. The number of hydrogen-bond acceptors (Lipinski definition) is 2. The van der Waals surface area contributed by atoms with Crippen LogP contribution in [0.2, 0.25) is 0 Å². The van der Waals surface area contributed by atoms with Crippen molar-refractivity contribution in [2.24, 2.45) is 29.6 Å². The molecular weight excluding hydrogens is 304 g/mol. The molecule has 100 valence electrons. The van der Waals surface area contributed by atoms with Gasteiger partial charge in [-0.05, 0) is 77.1 Å². The fourth-order valence-corrected chi connectivity index (χ4v) is 5.23. The van der Waals surface area contributed by atoms with Gasteiger partial charge in [0.1, 0.15) is 5.75 Å². The topological polar surface area (TPSA) is 26.3 Å². The molecule has 0 saturated heterocycles. The number of ether oxygens (including phenoxy) is 1. The van der Waals surface area contributed by atoms with Gasteiger partial charge in [-0.25, -0.2) is 0 Å². The van der Waals surface area contributed by atoms with Crippen LogP contribution in [0.4, 0.5) is 0 Å². The van der Waals surface area contributed by atoms with E-state index in [1.165, 1.54) is 19.3 Å². The minimum atomic E-state index is 0.326. The summed E-state index contributed by atoms with van der Waals surface area (Å²) in [5.41, 5.74) is 0.839. The first kappa shape index (κ1) is 12.0. The summed E-state index contributed by atoms with van der Waals surface area (Å²) in [6.45, 7) is 0. The maximum Gasteiger partial charge on any atom is 0.166 e. The first-order valence-electron chi connectivity index (χ1n) is 7.08. The van der Waals surface area contributed by atoms with Crippen LogP contribution in [0.5, 0.6) is 5.75 Å². The minimum absolute atomic E-state index is 0.326. The van der Waals surface area contributed by atoms with E-state index in [2.05, 4.69) is 15.9 Å². The molecule has 3 aliphatic carbocycles. The molecule has 3 heteroatoms. The second kappa shape index (κ2) is 4.08. The molecule has 2 nitrogen and oxygen atoms in total. The fraction of sp³-hybridized carbons (Fsp3) is 0.562. The van der Waals surface area contributed by atoms with E-state index < -0.39 is 0 Å². The Morgan fingerprint density at radius 3 is 2.53 bits per heavy atom. The molecule has 4 atom stereocenters. The maximum atomic E-state index is 12.6. The van der Waals surface area contributed by atoms with Crippen molar-refractivity contribution in [3.8, 4) is 5.75 Å². The normalized spacial score (nSPS) is 38.1. The summed E-state index contributed by atoms with van der Waals surface area (Å²) >= 11 is 3.47. The van der Waals surface area contributed by atoms with Crippen molar-refractivity contribution in [1.29, 1.82) is 0 Å². The Morgan fingerprint density at radius 1 is 1.26 bits per heavy atom. The van der Waals surface area contributed by atoms with Gasteiger partial charge >= 0.3 is 0 Å².